The third-order valence-corrected chi connectivity index (χ3v) is 2.48. The first-order chi connectivity index (χ1) is 8.00. The SMILES string of the molecule is CCOCC(NC)c1ccccc1C(F)(F)F. The van der Waals surface area contributed by atoms with Crippen molar-refractivity contribution in [3.63, 3.8) is 0 Å². The minimum absolute atomic E-state index is 0.218. The van der Waals surface area contributed by atoms with E-state index in [9.17, 15) is 13.2 Å². The van der Waals surface area contributed by atoms with Crippen molar-refractivity contribution >= 4 is 0 Å². The fraction of sp³-hybridized carbons (Fsp3) is 0.500. The minimum atomic E-state index is -4.34. The second-order valence-electron chi connectivity index (χ2n) is 3.59. The lowest BCUT2D eigenvalue weighted by atomic mass is 10.0. The van der Waals surface area contributed by atoms with Crippen LogP contribution in [0.5, 0.6) is 0 Å². The van der Waals surface area contributed by atoms with Gasteiger partial charge in [-0.1, -0.05) is 18.2 Å². The number of likely N-dealkylation sites (N-methyl/N-ethyl adjacent to an activating group) is 1. The zero-order valence-corrected chi connectivity index (χ0v) is 9.84. The Bertz CT molecular complexity index is 352. The van der Waals surface area contributed by atoms with Gasteiger partial charge < -0.3 is 10.1 Å². The summed E-state index contributed by atoms with van der Waals surface area (Å²) in [5.41, 5.74) is -0.394. The van der Waals surface area contributed by atoms with Gasteiger partial charge in [-0.3, -0.25) is 0 Å². The van der Waals surface area contributed by atoms with Gasteiger partial charge in [-0.25, -0.2) is 0 Å². The summed E-state index contributed by atoms with van der Waals surface area (Å²) < 4.78 is 43.6. The molecule has 1 aromatic rings. The summed E-state index contributed by atoms with van der Waals surface area (Å²) in [6.07, 6.45) is -4.34. The van der Waals surface area contributed by atoms with Gasteiger partial charge in [0.15, 0.2) is 0 Å². The van der Waals surface area contributed by atoms with Crippen LogP contribution in [0.2, 0.25) is 0 Å². The number of ether oxygens (including phenoxy) is 1. The first-order valence-corrected chi connectivity index (χ1v) is 5.41. The van der Waals surface area contributed by atoms with Crippen molar-refractivity contribution < 1.29 is 17.9 Å². The lowest BCUT2D eigenvalue weighted by Gasteiger charge is -2.21. The average Bonchev–Trinajstić information content (AvgIpc) is 2.29. The van der Waals surface area contributed by atoms with Gasteiger partial charge in [0.05, 0.1) is 18.2 Å². The van der Waals surface area contributed by atoms with Crippen LogP contribution >= 0.6 is 0 Å². The minimum Gasteiger partial charge on any atom is -0.380 e. The van der Waals surface area contributed by atoms with Crippen LogP contribution in [0.3, 0.4) is 0 Å². The number of rotatable bonds is 5. The summed E-state index contributed by atoms with van der Waals surface area (Å²) in [6, 6.07) is 5.10. The molecule has 0 radical (unpaired) electrons. The number of nitrogens with one attached hydrogen (secondary N) is 1. The van der Waals surface area contributed by atoms with Crippen LogP contribution in [-0.4, -0.2) is 20.3 Å². The summed E-state index contributed by atoms with van der Waals surface area (Å²) in [6.45, 7) is 2.51. The van der Waals surface area contributed by atoms with Crippen molar-refractivity contribution in [3.05, 3.63) is 35.4 Å². The third kappa shape index (κ3) is 3.71. The molecule has 2 nitrogen and oxygen atoms in total. The Balaban J connectivity index is 3.02. The maximum atomic E-state index is 12.8. The summed E-state index contributed by atoms with van der Waals surface area (Å²) in [7, 11) is 1.62. The highest BCUT2D eigenvalue weighted by Crippen LogP contribution is 2.34. The summed E-state index contributed by atoms with van der Waals surface area (Å²) >= 11 is 0. The molecule has 1 unspecified atom stereocenters. The van der Waals surface area contributed by atoms with Crippen molar-refractivity contribution in [1.82, 2.24) is 5.32 Å². The van der Waals surface area contributed by atoms with Gasteiger partial charge in [0.2, 0.25) is 0 Å². The van der Waals surface area contributed by atoms with E-state index in [1.807, 2.05) is 6.92 Å². The second kappa shape index (κ2) is 6.02. The van der Waals surface area contributed by atoms with Crippen molar-refractivity contribution in [3.8, 4) is 0 Å². The Labute approximate surface area is 98.8 Å². The van der Waals surface area contributed by atoms with Gasteiger partial charge in [-0.15, -0.1) is 0 Å². The zero-order chi connectivity index (χ0) is 12.9. The Morgan fingerprint density at radius 3 is 2.47 bits per heavy atom. The van der Waals surface area contributed by atoms with Crippen LogP contribution < -0.4 is 5.32 Å². The Kier molecular flexibility index (Phi) is 4.96. The fourth-order valence-electron chi connectivity index (χ4n) is 1.62. The molecule has 0 aromatic heterocycles. The van der Waals surface area contributed by atoms with Gasteiger partial charge >= 0.3 is 6.18 Å². The van der Waals surface area contributed by atoms with E-state index in [1.54, 1.807) is 13.1 Å². The van der Waals surface area contributed by atoms with Crippen molar-refractivity contribution in [1.29, 1.82) is 0 Å². The highest BCUT2D eigenvalue weighted by atomic mass is 19.4. The van der Waals surface area contributed by atoms with E-state index < -0.39 is 17.8 Å². The number of hydrogen-bond donors (Lipinski definition) is 1. The zero-order valence-electron chi connectivity index (χ0n) is 9.84. The monoisotopic (exact) mass is 247 g/mol. The summed E-state index contributed by atoms with van der Waals surface area (Å²) in [5.74, 6) is 0. The Morgan fingerprint density at radius 2 is 1.94 bits per heavy atom. The van der Waals surface area contributed by atoms with Crippen LogP contribution in [0.25, 0.3) is 0 Å². The molecule has 0 spiro atoms. The topological polar surface area (TPSA) is 21.3 Å². The number of halogens is 3. The van der Waals surface area contributed by atoms with Crippen LogP contribution in [0.4, 0.5) is 13.2 Å². The number of benzene rings is 1. The van der Waals surface area contributed by atoms with Crippen LogP contribution in [-0.2, 0) is 10.9 Å². The van der Waals surface area contributed by atoms with Gasteiger partial charge in [-0.05, 0) is 25.6 Å². The van der Waals surface area contributed by atoms with E-state index in [0.717, 1.165) is 6.07 Å². The van der Waals surface area contributed by atoms with Gasteiger partial charge in [0, 0.05) is 6.61 Å². The van der Waals surface area contributed by atoms with Crippen LogP contribution in [0.15, 0.2) is 24.3 Å². The van der Waals surface area contributed by atoms with Crippen LogP contribution in [0.1, 0.15) is 24.1 Å². The Hall–Kier alpha value is -1.07. The van der Waals surface area contributed by atoms with E-state index in [4.69, 9.17) is 4.74 Å². The molecule has 0 bridgehead atoms. The molecule has 0 saturated carbocycles. The maximum absolute atomic E-state index is 12.8. The fourth-order valence-corrected chi connectivity index (χ4v) is 1.62. The quantitative estimate of drug-likeness (QED) is 0.863. The Morgan fingerprint density at radius 1 is 1.29 bits per heavy atom. The molecule has 1 rings (SSSR count). The molecule has 0 fully saturated rings. The molecule has 0 aliphatic rings. The molecule has 0 aliphatic heterocycles. The average molecular weight is 247 g/mol. The van der Waals surface area contributed by atoms with Gasteiger partial charge in [0.25, 0.3) is 0 Å². The first-order valence-electron chi connectivity index (χ1n) is 5.41. The summed E-state index contributed by atoms with van der Waals surface area (Å²) in [5, 5.41) is 2.84. The molecule has 0 aliphatic carbocycles. The van der Waals surface area contributed by atoms with Crippen molar-refractivity contribution in [2.24, 2.45) is 0 Å². The highest BCUT2D eigenvalue weighted by Gasteiger charge is 2.34. The lowest BCUT2D eigenvalue weighted by Crippen LogP contribution is -2.25. The standard InChI is InChI=1S/C12H16F3NO/c1-3-17-8-11(16-2)9-6-4-5-7-10(9)12(13,14)15/h4-7,11,16H,3,8H2,1-2H3. The van der Waals surface area contributed by atoms with Gasteiger partial charge in [0.1, 0.15) is 0 Å². The smallest absolute Gasteiger partial charge is 0.380 e. The molecule has 5 heteroatoms. The third-order valence-electron chi connectivity index (χ3n) is 2.48. The normalized spacial score (nSPS) is 13.7. The first kappa shape index (κ1) is 14.0. The molecule has 96 valence electrons. The molecule has 1 atom stereocenters. The molecule has 1 N–H and O–H groups in total. The predicted octanol–water partition coefficient (Wildman–Crippen LogP) is 3.00. The van der Waals surface area contributed by atoms with E-state index in [0.29, 0.717) is 6.61 Å². The number of alkyl halides is 3. The van der Waals surface area contributed by atoms with Gasteiger partial charge in [-0.2, -0.15) is 13.2 Å². The highest BCUT2D eigenvalue weighted by molar-refractivity contribution is 5.32. The van der Waals surface area contributed by atoms with E-state index >= 15 is 0 Å². The lowest BCUT2D eigenvalue weighted by molar-refractivity contribution is -0.138. The van der Waals surface area contributed by atoms with E-state index in [1.165, 1.54) is 12.1 Å². The molecule has 17 heavy (non-hydrogen) atoms. The largest absolute Gasteiger partial charge is 0.416 e. The molecule has 1 aromatic carbocycles. The molecule has 0 amide bonds. The van der Waals surface area contributed by atoms with Crippen molar-refractivity contribution in [2.45, 2.75) is 19.1 Å². The van der Waals surface area contributed by atoms with Crippen LogP contribution in [0, 0.1) is 0 Å². The summed E-state index contributed by atoms with van der Waals surface area (Å²) in [4.78, 5) is 0. The number of hydrogen-bond acceptors (Lipinski definition) is 2. The maximum Gasteiger partial charge on any atom is 0.416 e. The van der Waals surface area contributed by atoms with E-state index in [-0.39, 0.29) is 12.2 Å². The predicted molar refractivity (Wildman–Crippen MR) is 59.7 cm³/mol. The molecule has 0 heterocycles. The molecule has 0 saturated heterocycles. The van der Waals surface area contributed by atoms with Crippen molar-refractivity contribution in [2.75, 3.05) is 20.3 Å². The van der Waals surface area contributed by atoms with E-state index in [2.05, 4.69) is 5.32 Å². The molecular weight excluding hydrogens is 231 g/mol. The second-order valence-corrected chi connectivity index (χ2v) is 3.59. The molecular formula is C12H16F3NO.